The second kappa shape index (κ2) is 10.4. The molecule has 0 heterocycles. The number of carbonyl (C=O) groups is 2. The Morgan fingerprint density at radius 3 is 2.61 bits per heavy atom. The standard InChI is InChI=1S/C17H31N3O3/c1-14(2)18-16(21)12-19(3)13-17(22)20(10-11-23-4)15-8-6-5-7-9-15/h8,14H,5-7,9-13H2,1-4H3,(H,18,21). The number of nitrogens with zero attached hydrogens (tertiary/aromatic N) is 2. The van der Waals surface area contributed by atoms with Crippen molar-refractivity contribution in [1.29, 1.82) is 0 Å². The molecule has 0 radical (unpaired) electrons. The molecule has 1 rings (SSSR count). The lowest BCUT2D eigenvalue weighted by Gasteiger charge is -2.29. The molecule has 0 saturated carbocycles. The highest BCUT2D eigenvalue weighted by Crippen LogP contribution is 2.21. The Hall–Kier alpha value is -1.40. The van der Waals surface area contributed by atoms with Crippen molar-refractivity contribution in [3.63, 3.8) is 0 Å². The molecule has 6 heteroatoms. The van der Waals surface area contributed by atoms with E-state index in [0.717, 1.165) is 25.0 Å². The van der Waals surface area contributed by atoms with Crippen LogP contribution in [0.3, 0.4) is 0 Å². The topological polar surface area (TPSA) is 61.9 Å². The van der Waals surface area contributed by atoms with Gasteiger partial charge in [-0.2, -0.15) is 0 Å². The molecule has 1 N–H and O–H groups in total. The number of allylic oxidation sites excluding steroid dienone is 2. The SMILES string of the molecule is COCCN(C(=O)CN(C)CC(=O)NC(C)C)C1=CCCCC1. The molecule has 2 amide bonds. The van der Waals surface area contributed by atoms with Crippen LogP contribution in [0.2, 0.25) is 0 Å². The molecule has 0 atom stereocenters. The predicted octanol–water partition coefficient (Wildman–Crippen LogP) is 1.38. The summed E-state index contributed by atoms with van der Waals surface area (Å²) in [5.41, 5.74) is 1.10. The molecule has 1 aliphatic carbocycles. The van der Waals surface area contributed by atoms with Crippen molar-refractivity contribution in [2.45, 2.75) is 45.6 Å². The molecule has 0 bridgehead atoms. The van der Waals surface area contributed by atoms with Crippen LogP contribution in [0.4, 0.5) is 0 Å². The Kier molecular flexibility index (Phi) is 8.87. The fraction of sp³-hybridized carbons (Fsp3) is 0.765. The van der Waals surface area contributed by atoms with Crippen LogP contribution in [0.15, 0.2) is 11.8 Å². The average Bonchev–Trinajstić information content (AvgIpc) is 2.47. The number of hydrogen-bond donors (Lipinski definition) is 1. The van der Waals surface area contributed by atoms with Crippen LogP contribution in [-0.4, -0.2) is 68.1 Å². The van der Waals surface area contributed by atoms with E-state index in [4.69, 9.17) is 4.74 Å². The number of ether oxygens (including phenoxy) is 1. The molecular formula is C17H31N3O3. The van der Waals surface area contributed by atoms with E-state index in [1.807, 2.05) is 18.7 Å². The number of likely N-dealkylation sites (N-methyl/N-ethyl adjacent to an activating group) is 1. The van der Waals surface area contributed by atoms with Crippen molar-refractivity contribution in [3.05, 3.63) is 11.8 Å². The first-order chi connectivity index (χ1) is 10.9. The normalized spacial score (nSPS) is 14.8. The van der Waals surface area contributed by atoms with E-state index in [2.05, 4.69) is 11.4 Å². The second-order valence-corrected chi connectivity index (χ2v) is 6.37. The van der Waals surface area contributed by atoms with Crippen LogP contribution >= 0.6 is 0 Å². The molecule has 0 saturated heterocycles. The third-order valence-electron chi connectivity index (χ3n) is 3.70. The Bertz CT molecular complexity index is 421. The summed E-state index contributed by atoms with van der Waals surface area (Å²) in [4.78, 5) is 28.0. The minimum Gasteiger partial charge on any atom is -0.383 e. The van der Waals surface area contributed by atoms with Crippen LogP contribution in [0.5, 0.6) is 0 Å². The first kappa shape index (κ1) is 19.6. The lowest BCUT2D eigenvalue weighted by atomic mass is 10.0. The summed E-state index contributed by atoms with van der Waals surface area (Å²) in [5, 5.41) is 2.84. The van der Waals surface area contributed by atoms with Crippen molar-refractivity contribution in [2.24, 2.45) is 0 Å². The fourth-order valence-electron chi connectivity index (χ4n) is 2.66. The zero-order valence-electron chi connectivity index (χ0n) is 14.9. The largest absolute Gasteiger partial charge is 0.383 e. The third-order valence-corrected chi connectivity index (χ3v) is 3.70. The van der Waals surface area contributed by atoms with Crippen molar-refractivity contribution >= 4 is 11.8 Å². The summed E-state index contributed by atoms with van der Waals surface area (Å²) >= 11 is 0. The zero-order chi connectivity index (χ0) is 17.2. The molecule has 0 aliphatic heterocycles. The molecule has 0 unspecified atom stereocenters. The van der Waals surface area contributed by atoms with Gasteiger partial charge in [0.2, 0.25) is 11.8 Å². The maximum Gasteiger partial charge on any atom is 0.240 e. The highest BCUT2D eigenvalue weighted by molar-refractivity contribution is 5.82. The van der Waals surface area contributed by atoms with Gasteiger partial charge in [-0.05, 0) is 46.6 Å². The van der Waals surface area contributed by atoms with E-state index in [1.54, 1.807) is 19.1 Å². The number of methoxy groups -OCH3 is 1. The van der Waals surface area contributed by atoms with Gasteiger partial charge in [-0.1, -0.05) is 6.08 Å². The minimum absolute atomic E-state index is 0.0232. The van der Waals surface area contributed by atoms with Crippen molar-refractivity contribution in [3.8, 4) is 0 Å². The van der Waals surface area contributed by atoms with E-state index >= 15 is 0 Å². The van der Waals surface area contributed by atoms with Gasteiger partial charge in [0, 0.05) is 25.4 Å². The highest BCUT2D eigenvalue weighted by Gasteiger charge is 2.21. The van der Waals surface area contributed by atoms with E-state index in [0.29, 0.717) is 13.2 Å². The minimum atomic E-state index is -0.0596. The van der Waals surface area contributed by atoms with E-state index < -0.39 is 0 Å². The maximum absolute atomic E-state index is 12.6. The number of rotatable bonds is 9. The van der Waals surface area contributed by atoms with Gasteiger partial charge in [0.05, 0.1) is 19.7 Å². The summed E-state index contributed by atoms with van der Waals surface area (Å²) in [6, 6.07) is 0.109. The van der Waals surface area contributed by atoms with Crippen LogP contribution in [0.1, 0.15) is 39.5 Å². The number of hydrogen-bond acceptors (Lipinski definition) is 4. The van der Waals surface area contributed by atoms with Gasteiger partial charge in [-0.25, -0.2) is 0 Å². The Morgan fingerprint density at radius 2 is 2.04 bits per heavy atom. The van der Waals surface area contributed by atoms with Crippen LogP contribution in [-0.2, 0) is 14.3 Å². The lowest BCUT2D eigenvalue weighted by molar-refractivity contribution is -0.131. The first-order valence-corrected chi connectivity index (χ1v) is 8.40. The summed E-state index contributed by atoms with van der Waals surface area (Å²) in [6.07, 6.45) is 6.43. The van der Waals surface area contributed by atoms with Crippen LogP contribution in [0, 0.1) is 0 Å². The van der Waals surface area contributed by atoms with E-state index in [-0.39, 0.29) is 30.9 Å². The van der Waals surface area contributed by atoms with Gasteiger partial charge in [0.1, 0.15) is 0 Å². The number of carbonyl (C=O) groups excluding carboxylic acids is 2. The molecule has 0 aromatic heterocycles. The summed E-state index contributed by atoms with van der Waals surface area (Å²) in [7, 11) is 3.43. The zero-order valence-corrected chi connectivity index (χ0v) is 14.9. The molecule has 0 fully saturated rings. The van der Waals surface area contributed by atoms with E-state index in [9.17, 15) is 9.59 Å². The van der Waals surface area contributed by atoms with Crippen molar-refractivity contribution in [2.75, 3.05) is 40.4 Å². The molecule has 23 heavy (non-hydrogen) atoms. The lowest BCUT2D eigenvalue weighted by Crippen LogP contribution is -2.44. The first-order valence-electron chi connectivity index (χ1n) is 8.40. The van der Waals surface area contributed by atoms with Gasteiger partial charge >= 0.3 is 0 Å². The Labute approximate surface area is 139 Å². The quantitative estimate of drug-likeness (QED) is 0.696. The van der Waals surface area contributed by atoms with Crippen LogP contribution < -0.4 is 5.32 Å². The second-order valence-electron chi connectivity index (χ2n) is 6.37. The molecule has 6 nitrogen and oxygen atoms in total. The summed E-state index contributed by atoms with van der Waals surface area (Å²) in [6.45, 7) is 5.37. The molecule has 1 aliphatic rings. The van der Waals surface area contributed by atoms with Gasteiger partial charge in [0.15, 0.2) is 0 Å². The average molecular weight is 325 g/mol. The fourth-order valence-corrected chi connectivity index (χ4v) is 2.66. The molecule has 0 aromatic rings. The van der Waals surface area contributed by atoms with Crippen molar-refractivity contribution in [1.82, 2.24) is 15.1 Å². The Morgan fingerprint density at radius 1 is 1.30 bits per heavy atom. The van der Waals surface area contributed by atoms with Gasteiger partial charge in [-0.3, -0.25) is 14.5 Å². The monoisotopic (exact) mass is 325 g/mol. The smallest absolute Gasteiger partial charge is 0.240 e. The summed E-state index contributed by atoms with van der Waals surface area (Å²) in [5.74, 6) is -0.0364. The van der Waals surface area contributed by atoms with Gasteiger partial charge in [-0.15, -0.1) is 0 Å². The summed E-state index contributed by atoms with van der Waals surface area (Å²) < 4.78 is 5.13. The molecule has 0 spiro atoms. The molecule has 132 valence electrons. The third kappa shape index (κ3) is 7.61. The molecular weight excluding hydrogens is 294 g/mol. The van der Waals surface area contributed by atoms with Gasteiger partial charge in [0.25, 0.3) is 0 Å². The number of nitrogens with one attached hydrogen (secondary N) is 1. The number of amides is 2. The molecule has 0 aromatic carbocycles. The Balaban J connectivity index is 2.58. The van der Waals surface area contributed by atoms with Crippen LogP contribution in [0.25, 0.3) is 0 Å². The maximum atomic E-state index is 12.6. The van der Waals surface area contributed by atoms with E-state index in [1.165, 1.54) is 6.42 Å². The van der Waals surface area contributed by atoms with Gasteiger partial charge < -0.3 is 15.0 Å². The van der Waals surface area contributed by atoms with Crippen molar-refractivity contribution < 1.29 is 14.3 Å². The predicted molar refractivity (Wildman–Crippen MR) is 90.9 cm³/mol. The highest BCUT2D eigenvalue weighted by atomic mass is 16.5.